The highest BCUT2D eigenvalue weighted by molar-refractivity contribution is 7.13. The van der Waals surface area contributed by atoms with Gasteiger partial charge in [-0.1, -0.05) is 17.7 Å². The molecule has 4 N–H and O–H groups in total. The van der Waals surface area contributed by atoms with Crippen molar-refractivity contribution in [3.8, 4) is 0 Å². The van der Waals surface area contributed by atoms with Crippen LogP contribution in [0.1, 0.15) is 63.2 Å². The average Bonchev–Trinajstić information content (AvgIpc) is 3.36. The molecule has 0 saturated carbocycles. The van der Waals surface area contributed by atoms with Gasteiger partial charge < -0.3 is 16.4 Å². The van der Waals surface area contributed by atoms with Gasteiger partial charge in [-0.05, 0) is 32.9 Å². The van der Waals surface area contributed by atoms with Crippen LogP contribution in [-0.2, 0) is 6.18 Å². The van der Waals surface area contributed by atoms with E-state index in [4.69, 9.17) is 17.3 Å². The van der Waals surface area contributed by atoms with E-state index in [2.05, 4.69) is 35.6 Å². The number of halogens is 4. The Morgan fingerprint density at radius 2 is 1.82 bits per heavy atom. The van der Waals surface area contributed by atoms with Crippen molar-refractivity contribution in [3.05, 3.63) is 68.8 Å². The van der Waals surface area contributed by atoms with Crippen molar-refractivity contribution in [1.82, 2.24) is 25.3 Å². The number of nitrogens with two attached hydrogens (primary N) is 1. The summed E-state index contributed by atoms with van der Waals surface area (Å²) in [5, 5.41) is 4.83. The van der Waals surface area contributed by atoms with Crippen molar-refractivity contribution in [2.24, 2.45) is 10.7 Å². The summed E-state index contributed by atoms with van der Waals surface area (Å²) in [7, 11) is 0. The summed E-state index contributed by atoms with van der Waals surface area (Å²) in [5.41, 5.74) is 5.75. The third-order valence-corrected chi connectivity index (χ3v) is 6.30. The maximum Gasteiger partial charge on any atom is 0.418 e. The standard InChI is InChI=1S/C23H22ClF3N8O2S/c1-4-13(7-29-12(3)28)16-6-17(33-10-32-16)20(36)34-11(2)22-31-9-18(38-22)21(37)35-19-5-14(23(25,26)27)15(24)8-30-19/h4-12H,28H2,1-3H3,(H,34,36)(H,30,35,37)/b13-4+,29-7?. The molecule has 0 spiro atoms. The van der Waals surface area contributed by atoms with Gasteiger partial charge in [-0.3, -0.25) is 14.6 Å². The first-order valence-electron chi connectivity index (χ1n) is 11.0. The van der Waals surface area contributed by atoms with E-state index in [1.54, 1.807) is 33.1 Å². The molecule has 15 heteroatoms. The Morgan fingerprint density at radius 3 is 2.47 bits per heavy atom. The molecule has 0 aliphatic rings. The molecule has 200 valence electrons. The zero-order valence-corrected chi connectivity index (χ0v) is 21.8. The molecule has 3 heterocycles. The van der Waals surface area contributed by atoms with Crippen LogP contribution in [0.3, 0.4) is 0 Å². The highest BCUT2D eigenvalue weighted by Crippen LogP contribution is 2.35. The number of allylic oxidation sites excluding steroid dienone is 2. The number of carbonyl (C=O) groups is 2. The fraction of sp³-hybridized carbons (Fsp3) is 0.261. The number of nitrogens with zero attached hydrogens (tertiary/aromatic N) is 5. The molecule has 0 radical (unpaired) electrons. The van der Waals surface area contributed by atoms with Crippen LogP contribution in [0.4, 0.5) is 19.0 Å². The van der Waals surface area contributed by atoms with Crippen LogP contribution in [-0.4, -0.2) is 44.1 Å². The van der Waals surface area contributed by atoms with Crippen LogP contribution in [0.5, 0.6) is 0 Å². The van der Waals surface area contributed by atoms with Gasteiger partial charge in [-0.2, -0.15) is 13.2 Å². The lowest BCUT2D eigenvalue weighted by Crippen LogP contribution is -2.27. The van der Waals surface area contributed by atoms with Crippen LogP contribution in [0.15, 0.2) is 41.9 Å². The number of nitrogens with one attached hydrogen (secondary N) is 2. The largest absolute Gasteiger partial charge is 0.418 e. The second kappa shape index (κ2) is 12.2. The Labute approximate surface area is 224 Å². The van der Waals surface area contributed by atoms with Crippen LogP contribution in [0, 0.1) is 0 Å². The summed E-state index contributed by atoms with van der Waals surface area (Å²) in [4.78, 5) is 45.6. The number of thiazole rings is 1. The summed E-state index contributed by atoms with van der Waals surface area (Å²) in [6.07, 6.45) is 1.52. The van der Waals surface area contributed by atoms with Gasteiger partial charge in [0.15, 0.2) is 0 Å². The quantitative estimate of drug-likeness (QED) is 0.339. The number of hydrogen-bond acceptors (Lipinski definition) is 9. The molecule has 2 atom stereocenters. The summed E-state index contributed by atoms with van der Waals surface area (Å²) in [6, 6.07) is 1.53. The highest BCUT2D eigenvalue weighted by atomic mass is 35.5. The van der Waals surface area contributed by atoms with Crippen molar-refractivity contribution in [2.45, 2.75) is 39.2 Å². The fourth-order valence-electron chi connectivity index (χ4n) is 2.95. The zero-order valence-electron chi connectivity index (χ0n) is 20.2. The number of hydrogen-bond donors (Lipinski definition) is 3. The monoisotopic (exact) mass is 566 g/mol. The fourth-order valence-corrected chi connectivity index (χ4v) is 3.98. The van der Waals surface area contributed by atoms with E-state index in [1.807, 2.05) is 0 Å². The van der Waals surface area contributed by atoms with Crippen molar-refractivity contribution in [2.75, 3.05) is 5.32 Å². The molecule has 2 amide bonds. The van der Waals surface area contributed by atoms with Crippen molar-refractivity contribution >= 4 is 52.4 Å². The summed E-state index contributed by atoms with van der Waals surface area (Å²) >= 11 is 6.51. The smallest absolute Gasteiger partial charge is 0.342 e. The van der Waals surface area contributed by atoms with Crippen molar-refractivity contribution in [1.29, 1.82) is 0 Å². The van der Waals surface area contributed by atoms with Crippen LogP contribution < -0.4 is 16.4 Å². The SMILES string of the molecule is C/C=C(\C=NC(C)N)c1cc(C(=O)NC(C)c2ncc(C(=O)Nc3cc(C(F)(F)F)c(Cl)cn3)s2)ncn1. The minimum atomic E-state index is -4.71. The molecule has 3 aromatic heterocycles. The molecule has 0 saturated heterocycles. The number of pyridine rings is 1. The Bertz CT molecular complexity index is 1390. The molecule has 10 nitrogen and oxygen atoms in total. The molecule has 2 unspecified atom stereocenters. The molecule has 3 aromatic rings. The normalized spacial score (nSPS) is 13.8. The maximum atomic E-state index is 13.1. The van der Waals surface area contributed by atoms with Gasteiger partial charge in [0, 0.05) is 18.0 Å². The topological polar surface area (TPSA) is 148 Å². The van der Waals surface area contributed by atoms with E-state index in [1.165, 1.54) is 18.6 Å². The van der Waals surface area contributed by atoms with Gasteiger partial charge in [-0.15, -0.1) is 11.3 Å². The first-order valence-corrected chi connectivity index (χ1v) is 12.2. The first-order chi connectivity index (χ1) is 17.9. The van der Waals surface area contributed by atoms with E-state index in [9.17, 15) is 22.8 Å². The Hall–Kier alpha value is -3.75. The molecule has 38 heavy (non-hydrogen) atoms. The summed E-state index contributed by atoms with van der Waals surface area (Å²) in [6.45, 7) is 5.17. The number of amides is 2. The summed E-state index contributed by atoms with van der Waals surface area (Å²) in [5.74, 6) is -1.55. The van der Waals surface area contributed by atoms with E-state index < -0.39 is 40.8 Å². The lowest BCUT2D eigenvalue weighted by Gasteiger charge is -2.11. The average molecular weight is 567 g/mol. The molecule has 3 rings (SSSR count). The minimum Gasteiger partial charge on any atom is -0.342 e. The molecule has 0 aromatic carbocycles. The summed E-state index contributed by atoms with van der Waals surface area (Å²) < 4.78 is 39.2. The predicted molar refractivity (Wildman–Crippen MR) is 138 cm³/mol. The molecule has 0 bridgehead atoms. The Balaban J connectivity index is 1.69. The number of anilines is 1. The van der Waals surface area contributed by atoms with E-state index in [0.29, 0.717) is 22.3 Å². The van der Waals surface area contributed by atoms with Gasteiger partial charge >= 0.3 is 6.18 Å². The van der Waals surface area contributed by atoms with Crippen molar-refractivity contribution < 1.29 is 22.8 Å². The second-order valence-electron chi connectivity index (χ2n) is 7.81. The van der Waals surface area contributed by atoms with Gasteiger partial charge in [0.1, 0.15) is 27.7 Å². The number of rotatable bonds is 8. The molecule has 0 aliphatic carbocycles. The molecular weight excluding hydrogens is 545 g/mol. The lowest BCUT2D eigenvalue weighted by molar-refractivity contribution is -0.137. The Morgan fingerprint density at radius 1 is 1.11 bits per heavy atom. The number of aliphatic imine (C=N–C) groups is 1. The number of carbonyl (C=O) groups excluding carboxylic acids is 2. The van der Waals surface area contributed by atoms with Gasteiger partial charge in [0.25, 0.3) is 11.8 Å². The van der Waals surface area contributed by atoms with Gasteiger partial charge in [0.05, 0.1) is 34.7 Å². The molecular formula is C23H22ClF3N8O2S. The first kappa shape index (κ1) is 28.8. The zero-order chi connectivity index (χ0) is 28.0. The van der Waals surface area contributed by atoms with Crippen LogP contribution in [0.2, 0.25) is 5.02 Å². The van der Waals surface area contributed by atoms with Crippen LogP contribution in [0.25, 0.3) is 5.57 Å². The van der Waals surface area contributed by atoms with Gasteiger partial charge in [-0.25, -0.2) is 19.9 Å². The third kappa shape index (κ3) is 7.40. The maximum absolute atomic E-state index is 13.1. The molecule has 0 aliphatic heterocycles. The minimum absolute atomic E-state index is 0.0965. The highest BCUT2D eigenvalue weighted by Gasteiger charge is 2.34. The predicted octanol–water partition coefficient (Wildman–Crippen LogP) is 4.52. The third-order valence-electron chi connectivity index (χ3n) is 4.82. The number of aromatic nitrogens is 4. The molecule has 0 fully saturated rings. The van der Waals surface area contributed by atoms with Crippen LogP contribution >= 0.6 is 22.9 Å². The van der Waals surface area contributed by atoms with E-state index in [-0.39, 0.29) is 16.4 Å². The van der Waals surface area contributed by atoms with Crippen molar-refractivity contribution in [3.63, 3.8) is 0 Å². The lowest BCUT2D eigenvalue weighted by atomic mass is 10.1. The van der Waals surface area contributed by atoms with E-state index in [0.717, 1.165) is 17.5 Å². The second-order valence-corrected chi connectivity index (χ2v) is 9.28. The Kier molecular flexibility index (Phi) is 9.25. The van der Waals surface area contributed by atoms with E-state index >= 15 is 0 Å². The van der Waals surface area contributed by atoms with Gasteiger partial charge in [0.2, 0.25) is 0 Å². The number of alkyl halides is 3.